The van der Waals surface area contributed by atoms with E-state index in [1.807, 2.05) is 0 Å². The molecule has 0 fully saturated rings. The van der Waals surface area contributed by atoms with Crippen molar-refractivity contribution in [3.63, 3.8) is 0 Å². The van der Waals surface area contributed by atoms with Crippen molar-refractivity contribution in [2.75, 3.05) is 0 Å². The van der Waals surface area contributed by atoms with Crippen LogP contribution in [0.4, 0.5) is 0 Å². The maximum absolute atomic E-state index is 12.4. The maximum Gasteiger partial charge on any atom is 0.339 e. The second-order valence-electron chi connectivity index (χ2n) is 5.52. The van der Waals surface area contributed by atoms with E-state index in [4.69, 9.17) is 4.42 Å². The first kappa shape index (κ1) is 15.6. The Balaban J connectivity index is 1.60. The van der Waals surface area contributed by atoms with Crippen molar-refractivity contribution in [2.45, 2.75) is 6.54 Å². The lowest BCUT2D eigenvalue weighted by Crippen LogP contribution is -2.22. The fourth-order valence-corrected chi connectivity index (χ4v) is 2.67. The zero-order valence-corrected chi connectivity index (χ0v) is 13.2. The first-order valence-electron chi connectivity index (χ1n) is 7.59. The average molecular weight is 352 g/mol. The Morgan fingerprint density at radius 1 is 1.27 bits per heavy atom. The van der Waals surface area contributed by atoms with Gasteiger partial charge in [-0.05, 0) is 24.3 Å². The largest absolute Gasteiger partial charge is 0.507 e. The van der Waals surface area contributed by atoms with E-state index in [-0.39, 0.29) is 28.8 Å². The second-order valence-corrected chi connectivity index (χ2v) is 5.52. The number of amides is 1. The number of fused-ring (bicyclic) bond motifs is 2. The highest BCUT2D eigenvalue weighted by Gasteiger charge is 2.18. The van der Waals surface area contributed by atoms with Gasteiger partial charge in [-0.1, -0.05) is 0 Å². The summed E-state index contributed by atoms with van der Waals surface area (Å²) < 4.78 is 6.98. The normalized spacial score (nSPS) is 11.1. The minimum absolute atomic E-state index is 0.0101. The number of nitrogens with one attached hydrogen (secondary N) is 1. The van der Waals surface area contributed by atoms with Crippen molar-refractivity contribution in [3.05, 3.63) is 59.7 Å². The van der Waals surface area contributed by atoms with Crippen LogP contribution in [0.25, 0.3) is 16.6 Å². The summed E-state index contributed by atoms with van der Waals surface area (Å²) in [6.45, 7) is 0.0101. The van der Waals surface area contributed by atoms with Crippen molar-refractivity contribution in [3.8, 4) is 5.75 Å². The van der Waals surface area contributed by atoms with Crippen LogP contribution in [0, 0.1) is 0 Å². The summed E-state index contributed by atoms with van der Waals surface area (Å²) in [6, 6.07) is 5.74. The number of phenolic OH excluding ortho intramolecular Hbond substituents is 1. The molecule has 4 rings (SSSR count). The lowest BCUT2D eigenvalue weighted by atomic mass is 10.1. The molecule has 0 aliphatic carbocycles. The number of phenols is 1. The minimum Gasteiger partial charge on any atom is -0.507 e. The Morgan fingerprint density at radius 2 is 2.12 bits per heavy atom. The molecule has 1 aromatic carbocycles. The van der Waals surface area contributed by atoms with Crippen LogP contribution in [0.3, 0.4) is 0 Å². The van der Waals surface area contributed by atoms with Gasteiger partial charge < -0.3 is 19.9 Å². The van der Waals surface area contributed by atoms with E-state index < -0.39 is 11.9 Å². The highest BCUT2D eigenvalue weighted by atomic mass is 16.4. The zero-order valence-electron chi connectivity index (χ0n) is 13.2. The van der Waals surface area contributed by atoms with E-state index in [9.17, 15) is 19.8 Å². The van der Waals surface area contributed by atoms with Gasteiger partial charge in [-0.25, -0.2) is 14.3 Å². The predicted molar refractivity (Wildman–Crippen MR) is 89.0 cm³/mol. The van der Waals surface area contributed by atoms with Gasteiger partial charge in [0.1, 0.15) is 22.6 Å². The molecule has 3 aromatic heterocycles. The van der Waals surface area contributed by atoms with Gasteiger partial charge in [0.05, 0.1) is 18.1 Å². The van der Waals surface area contributed by atoms with Crippen molar-refractivity contribution in [2.24, 2.45) is 0 Å². The number of nitrogens with zero attached hydrogens (tertiary/aromatic N) is 3. The van der Waals surface area contributed by atoms with E-state index in [0.717, 1.165) is 0 Å². The number of benzene rings is 1. The summed E-state index contributed by atoms with van der Waals surface area (Å²) in [4.78, 5) is 27.7. The molecule has 0 aliphatic heterocycles. The Hall–Kier alpha value is -3.88. The molecule has 0 aliphatic rings. The van der Waals surface area contributed by atoms with E-state index >= 15 is 0 Å². The molecule has 26 heavy (non-hydrogen) atoms. The van der Waals surface area contributed by atoms with E-state index in [1.54, 1.807) is 18.5 Å². The molecule has 1 amide bonds. The standard InChI is InChI=1S/C17H12N4O5/c22-13-3-2-10(17(24)25)14-11(13)6-9(26-14)7-19-16(23)12-8-20-21-5-1-4-18-15(12)21/h1-6,8,22H,7H2,(H,19,23)(H,24,25). The molecule has 0 spiro atoms. The SMILES string of the molecule is O=C(O)c1ccc(O)c2cc(CNC(=O)c3cnn4cccnc34)oc12. The van der Waals surface area contributed by atoms with Crippen LogP contribution in [0.1, 0.15) is 26.5 Å². The summed E-state index contributed by atoms with van der Waals surface area (Å²) in [6.07, 6.45) is 4.64. The number of hydrogen-bond acceptors (Lipinski definition) is 6. The first-order chi connectivity index (χ1) is 12.5. The Morgan fingerprint density at radius 3 is 2.92 bits per heavy atom. The lowest BCUT2D eigenvalue weighted by molar-refractivity contribution is 0.0697. The van der Waals surface area contributed by atoms with Crippen molar-refractivity contribution >= 4 is 28.5 Å². The number of furan rings is 1. The third-order valence-corrected chi connectivity index (χ3v) is 3.89. The number of aromatic carboxylic acids is 1. The number of rotatable bonds is 4. The molecule has 3 heterocycles. The third-order valence-electron chi connectivity index (χ3n) is 3.89. The molecule has 0 unspecified atom stereocenters. The molecule has 0 bridgehead atoms. The smallest absolute Gasteiger partial charge is 0.339 e. The number of carbonyl (C=O) groups excluding carboxylic acids is 1. The van der Waals surface area contributed by atoms with Gasteiger partial charge in [-0.2, -0.15) is 5.10 Å². The van der Waals surface area contributed by atoms with Gasteiger partial charge in [0.15, 0.2) is 11.2 Å². The molecule has 130 valence electrons. The molecule has 0 saturated carbocycles. The molecule has 0 saturated heterocycles. The average Bonchev–Trinajstić information content (AvgIpc) is 3.24. The predicted octanol–water partition coefficient (Wildman–Crippen LogP) is 1.81. The summed E-state index contributed by atoms with van der Waals surface area (Å²) in [5, 5.41) is 26.1. The highest BCUT2D eigenvalue weighted by Crippen LogP contribution is 2.30. The van der Waals surface area contributed by atoms with Crippen molar-refractivity contribution in [1.29, 1.82) is 0 Å². The van der Waals surface area contributed by atoms with E-state index in [2.05, 4.69) is 15.4 Å². The first-order valence-corrected chi connectivity index (χ1v) is 7.59. The summed E-state index contributed by atoms with van der Waals surface area (Å²) in [7, 11) is 0. The third kappa shape index (κ3) is 2.51. The number of carboxylic acids is 1. The topological polar surface area (TPSA) is 130 Å². The van der Waals surface area contributed by atoms with Gasteiger partial charge in [0.2, 0.25) is 0 Å². The number of carboxylic acid groups (broad SMARTS) is 1. The molecule has 3 N–H and O–H groups in total. The summed E-state index contributed by atoms with van der Waals surface area (Å²) in [5.41, 5.74) is 0.706. The van der Waals surface area contributed by atoms with Crippen LogP contribution in [0.15, 0.2) is 47.3 Å². The number of aromatic hydroxyl groups is 1. The van der Waals surface area contributed by atoms with E-state index in [0.29, 0.717) is 17.0 Å². The fraction of sp³-hybridized carbons (Fsp3) is 0.0588. The number of carbonyl (C=O) groups is 2. The van der Waals surface area contributed by atoms with Crippen LogP contribution in [0.2, 0.25) is 0 Å². The van der Waals surface area contributed by atoms with Gasteiger partial charge in [-0.3, -0.25) is 4.79 Å². The second kappa shape index (κ2) is 5.88. The highest BCUT2D eigenvalue weighted by molar-refractivity contribution is 6.03. The Kier molecular flexibility index (Phi) is 3.54. The molecule has 9 heteroatoms. The summed E-state index contributed by atoms with van der Waals surface area (Å²) >= 11 is 0. The van der Waals surface area contributed by atoms with Gasteiger partial charge in [0, 0.05) is 12.4 Å². The molecule has 9 nitrogen and oxygen atoms in total. The minimum atomic E-state index is -1.17. The molecular weight excluding hydrogens is 340 g/mol. The quantitative estimate of drug-likeness (QED) is 0.510. The van der Waals surface area contributed by atoms with Gasteiger partial charge >= 0.3 is 5.97 Å². The van der Waals surface area contributed by atoms with Gasteiger partial charge in [0.25, 0.3) is 5.91 Å². The van der Waals surface area contributed by atoms with Crippen LogP contribution in [-0.4, -0.2) is 36.7 Å². The Bertz CT molecular complexity index is 1160. The zero-order chi connectivity index (χ0) is 18.3. The number of hydrogen-bond donors (Lipinski definition) is 3. The maximum atomic E-state index is 12.4. The van der Waals surface area contributed by atoms with Crippen LogP contribution in [0.5, 0.6) is 5.75 Å². The van der Waals surface area contributed by atoms with Crippen LogP contribution in [-0.2, 0) is 6.54 Å². The summed E-state index contributed by atoms with van der Waals surface area (Å²) in [5.74, 6) is -1.36. The van der Waals surface area contributed by atoms with Crippen LogP contribution >= 0.6 is 0 Å². The van der Waals surface area contributed by atoms with Crippen LogP contribution < -0.4 is 5.32 Å². The monoisotopic (exact) mass is 352 g/mol. The Labute approximate surface area is 145 Å². The molecule has 0 radical (unpaired) electrons. The van der Waals surface area contributed by atoms with Crippen molar-refractivity contribution in [1.82, 2.24) is 19.9 Å². The lowest BCUT2D eigenvalue weighted by Gasteiger charge is -2.01. The van der Waals surface area contributed by atoms with E-state index in [1.165, 1.54) is 28.9 Å². The molecule has 4 aromatic rings. The molecule has 0 atom stereocenters. The molecular formula is C17H12N4O5. The fourth-order valence-electron chi connectivity index (χ4n) is 2.67. The number of aromatic nitrogens is 3. The van der Waals surface area contributed by atoms with Crippen molar-refractivity contribution < 1.29 is 24.2 Å². The van der Waals surface area contributed by atoms with Gasteiger partial charge in [-0.15, -0.1) is 0 Å².